The maximum absolute atomic E-state index is 11.8. The van der Waals surface area contributed by atoms with E-state index in [1.807, 2.05) is 45.2 Å². The largest absolute Gasteiger partial charge is 0.489 e. The van der Waals surface area contributed by atoms with E-state index in [1.54, 1.807) is 0 Å². The molecule has 0 bridgehead atoms. The molecule has 1 fully saturated rings. The highest BCUT2D eigenvalue weighted by Gasteiger charge is 2.41. The first-order valence-corrected chi connectivity index (χ1v) is 9.30. The zero-order valence-corrected chi connectivity index (χ0v) is 14.4. The molecular weight excluding hydrogens is 298 g/mol. The number of sulfone groups is 1. The Morgan fingerprint density at radius 1 is 1.45 bits per heavy atom. The van der Waals surface area contributed by atoms with Crippen molar-refractivity contribution in [1.29, 1.82) is 0 Å². The zero-order chi connectivity index (χ0) is 16.4. The van der Waals surface area contributed by atoms with Crippen LogP contribution in [0.4, 0.5) is 0 Å². The molecule has 4 nitrogen and oxygen atoms in total. The third kappa shape index (κ3) is 4.34. The number of hydrogen-bond acceptors (Lipinski definition) is 4. The molecule has 5 heteroatoms. The smallest absolute Gasteiger partial charge is 0.152 e. The van der Waals surface area contributed by atoms with Crippen LogP contribution >= 0.6 is 0 Å². The molecule has 122 valence electrons. The van der Waals surface area contributed by atoms with Crippen LogP contribution in [0.15, 0.2) is 36.4 Å². The van der Waals surface area contributed by atoms with Gasteiger partial charge in [-0.3, -0.25) is 4.90 Å². The SMILES string of the molecule is C=C(C)COc1cccc(CN(C)C2(C)CCS(=O)(=O)C2)c1. The first-order valence-electron chi connectivity index (χ1n) is 7.48. The van der Waals surface area contributed by atoms with Crippen LogP contribution in [-0.4, -0.2) is 44.0 Å². The molecule has 1 unspecified atom stereocenters. The van der Waals surface area contributed by atoms with Gasteiger partial charge in [0.2, 0.25) is 0 Å². The van der Waals surface area contributed by atoms with Gasteiger partial charge in [0.1, 0.15) is 12.4 Å². The highest BCUT2D eigenvalue weighted by atomic mass is 32.2. The van der Waals surface area contributed by atoms with E-state index in [9.17, 15) is 8.42 Å². The predicted octanol–water partition coefficient (Wildman–Crippen LogP) is 2.65. The summed E-state index contributed by atoms with van der Waals surface area (Å²) < 4.78 is 29.2. The molecule has 0 N–H and O–H groups in total. The van der Waals surface area contributed by atoms with Gasteiger partial charge >= 0.3 is 0 Å². The zero-order valence-electron chi connectivity index (χ0n) is 13.6. The molecule has 0 spiro atoms. The van der Waals surface area contributed by atoms with Crippen LogP contribution in [0.3, 0.4) is 0 Å². The van der Waals surface area contributed by atoms with Crippen molar-refractivity contribution in [3.8, 4) is 5.75 Å². The lowest BCUT2D eigenvalue weighted by Crippen LogP contribution is -2.44. The fourth-order valence-electron chi connectivity index (χ4n) is 2.70. The van der Waals surface area contributed by atoms with Gasteiger partial charge in [-0.15, -0.1) is 0 Å². The molecule has 1 aromatic carbocycles. The topological polar surface area (TPSA) is 46.6 Å². The Morgan fingerprint density at radius 2 is 2.18 bits per heavy atom. The molecule has 1 aromatic rings. The maximum atomic E-state index is 11.8. The van der Waals surface area contributed by atoms with Gasteiger partial charge in [0.25, 0.3) is 0 Å². The summed E-state index contributed by atoms with van der Waals surface area (Å²) in [6.07, 6.45) is 0.692. The normalized spacial score (nSPS) is 23.6. The maximum Gasteiger partial charge on any atom is 0.152 e. The Morgan fingerprint density at radius 3 is 2.77 bits per heavy atom. The van der Waals surface area contributed by atoms with Crippen molar-refractivity contribution in [3.05, 3.63) is 42.0 Å². The van der Waals surface area contributed by atoms with E-state index in [1.165, 1.54) is 0 Å². The highest BCUT2D eigenvalue weighted by molar-refractivity contribution is 7.91. The molecule has 0 aliphatic carbocycles. The van der Waals surface area contributed by atoms with Crippen molar-refractivity contribution in [2.75, 3.05) is 25.2 Å². The summed E-state index contributed by atoms with van der Waals surface area (Å²) in [4.78, 5) is 2.13. The van der Waals surface area contributed by atoms with Gasteiger partial charge in [0.15, 0.2) is 9.84 Å². The number of nitrogens with zero attached hydrogens (tertiary/aromatic N) is 1. The molecule has 2 rings (SSSR count). The predicted molar refractivity (Wildman–Crippen MR) is 89.9 cm³/mol. The molecule has 0 radical (unpaired) electrons. The average molecular weight is 323 g/mol. The van der Waals surface area contributed by atoms with Crippen molar-refractivity contribution >= 4 is 9.84 Å². The quantitative estimate of drug-likeness (QED) is 0.755. The van der Waals surface area contributed by atoms with Crippen LogP contribution in [0, 0.1) is 0 Å². The molecule has 22 heavy (non-hydrogen) atoms. The van der Waals surface area contributed by atoms with Gasteiger partial charge in [-0.2, -0.15) is 0 Å². The first-order chi connectivity index (χ1) is 10.2. The third-order valence-corrected chi connectivity index (χ3v) is 6.10. The molecule has 1 heterocycles. The van der Waals surface area contributed by atoms with Crippen LogP contribution in [0.1, 0.15) is 25.8 Å². The second-order valence-corrected chi connectivity index (χ2v) is 8.77. The van der Waals surface area contributed by atoms with Crippen LogP contribution in [0.2, 0.25) is 0 Å². The summed E-state index contributed by atoms with van der Waals surface area (Å²) in [5.41, 5.74) is 1.81. The highest BCUT2D eigenvalue weighted by Crippen LogP contribution is 2.30. The van der Waals surface area contributed by atoms with Crippen molar-refractivity contribution in [2.24, 2.45) is 0 Å². The standard InChI is InChI=1S/C17H25NO3S/c1-14(2)12-21-16-7-5-6-15(10-16)11-18(4)17(3)8-9-22(19,20)13-17/h5-7,10H,1,8-9,11-13H2,2-4H3. The van der Waals surface area contributed by atoms with Gasteiger partial charge in [0.05, 0.1) is 11.5 Å². The second-order valence-electron chi connectivity index (χ2n) is 6.59. The van der Waals surface area contributed by atoms with Crippen LogP contribution < -0.4 is 4.74 Å². The van der Waals surface area contributed by atoms with E-state index in [2.05, 4.69) is 11.5 Å². The molecule has 1 aliphatic heterocycles. The molecule has 1 saturated heterocycles. The Hall–Kier alpha value is -1.33. The number of ether oxygens (including phenoxy) is 1. The summed E-state index contributed by atoms with van der Waals surface area (Å²) in [5, 5.41) is 0. The van der Waals surface area contributed by atoms with Crippen molar-refractivity contribution < 1.29 is 13.2 Å². The monoisotopic (exact) mass is 323 g/mol. The summed E-state index contributed by atoms with van der Waals surface area (Å²) in [5.74, 6) is 1.34. The van der Waals surface area contributed by atoms with Gasteiger partial charge in [-0.1, -0.05) is 18.7 Å². The van der Waals surface area contributed by atoms with E-state index in [0.717, 1.165) is 16.9 Å². The molecule has 1 aliphatic rings. The third-order valence-electron chi connectivity index (χ3n) is 4.21. The molecular formula is C17H25NO3S. The summed E-state index contributed by atoms with van der Waals surface area (Å²) in [7, 11) is -0.905. The van der Waals surface area contributed by atoms with E-state index in [-0.39, 0.29) is 17.0 Å². The summed E-state index contributed by atoms with van der Waals surface area (Å²) in [6.45, 7) is 9.00. The number of hydrogen-bond donors (Lipinski definition) is 0. The lowest BCUT2D eigenvalue weighted by Gasteiger charge is -2.34. The molecule has 0 amide bonds. The summed E-state index contributed by atoms with van der Waals surface area (Å²) >= 11 is 0. The van der Waals surface area contributed by atoms with Crippen LogP contribution in [0.5, 0.6) is 5.75 Å². The van der Waals surface area contributed by atoms with E-state index < -0.39 is 9.84 Å². The fraction of sp³-hybridized carbons (Fsp3) is 0.529. The van der Waals surface area contributed by atoms with E-state index in [4.69, 9.17) is 4.74 Å². The van der Waals surface area contributed by atoms with Gasteiger partial charge < -0.3 is 4.74 Å². The van der Waals surface area contributed by atoms with Crippen LogP contribution in [0.25, 0.3) is 0 Å². The first kappa shape index (κ1) is 17.0. The van der Waals surface area contributed by atoms with E-state index >= 15 is 0 Å². The molecule has 1 atom stereocenters. The minimum atomic E-state index is -2.89. The van der Waals surface area contributed by atoms with Crippen LogP contribution in [-0.2, 0) is 16.4 Å². The summed E-state index contributed by atoms with van der Waals surface area (Å²) in [6, 6.07) is 7.93. The van der Waals surface area contributed by atoms with Crippen molar-refractivity contribution in [2.45, 2.75) is 32.4 Å². The fourth-order valence-corrected chi connectivity index (χ4v) is 4.91. The minimum Gasteiger partial charge on any atom is -0.489 e. The number of rotatable bonds is 6. The Kier molecular flexibility index (Phi) is 4.97. The second kappa shape index (κ2) is 6.42. The lowest BCUT2D eigenvalue weighted by atomic mass is 9.99. The van der Waals surface area contributed by atoms with Gasteiger partial charge in [-0.05, 0) is 50.6 Å². The van der Waals surface area contributed by atoms with Crippen molar-refractivity contribution in [1.82, 2.24) is 4.90 Å². The Labute approximate surface area is 133 Å². The Balaban J connectivity index is 2.04. The van der Waals surface area contributed by atoms with Gasteiger partial charge in [-0.25, -0.2) is 8.42 Å². The van der Waals surface area contributed by atoms with Gasteiger partial charge in [0, 0.05) is 12.1 Å². The van der Waals surface area contributed by atoms with Crippen molar-refractivity contribution in [3.63, 3.8) is 0 Å². The lowest BCUT2D eigenvalue weighted by molar-refractivity contribution is 0.154. The molecule has 0 saturated carbocycles. The minimum absolute atomic E-state index is 0.238. The van der Waals surface area contributed by atoms with E-state index in [0.29, 0.717) is 19.6 Å². The molecule has 0 aromatic heterocycles. The number of benzene rings is 1. The Bertz CT molecular complexity index is 654. The average Bonchev–Trinajstić information content (AvgIpc) is 2.72.